The highest BCUT2D eigenvalue weighted by Crippen LogP contribution is 2.31. The first-order valence-corrected chi connectivity index (χ1v) is 7.67. The molecule has 1 amide bonds. The summed E-state index contributed by atoms with van der Waals surface area (Å²) in [6.45, 7) is 3.76. The van der Waals surface area contributed by atoms with Gasteiger partial charge in [-0.15, -0.1) is 0 Å². The van der Waals surface area contributed by atoms with Crippen molar-refractivity contribution in [2.24, 2.45) is 0 Å². The van der Waals surface area contributed by atoms with Crippen LogP contribution in [0.5, 0.6) is 0 Å². The van der Waals surface area contributed by atoms with E-state index >= 15 is 0 Å². The summed E-state index contributed by atoms with van der Waals surface area (Å²) < 4.78 is 32.8. The van der Waals surface area contributed by atoms with E-state index in [2.05, 4.69) is 4.98 Å². The summed E-state index contributed by atoms with van der Waals surface area (Å²) in [5, 5.41) is 0. The van der Waals surface area contributed by atoms with E-state index in [9.17, 15) is 13.6 Å². The van der Waals surface area contributed by atoms with E-state index in [1.807, 2.05) is 0 Å². The summed E-state index contributed by atoms with van der Waals surface area (Å²) in [6, 6.07) is 6.11. The Morgan fingerprint density at radius 2 is 2.08 bits per heavy atom. The topological polar surface area (TPSA) is 42.4 Å². The summed E-state index contributed by atoms with van der Waals surface area (Å²) in [4.78, 5) is 18.2. The molecule has 0 fully saturated rings. The van der Waals surface area contributed by atoms with Crippen molar-refractivity contribution in [3.05, 3.63) is 65.5 Å². The number of carbonyl (C=O) groups excluding carboxylic acids is 1. The predicted octanol–water partition coefficient (Wildman–Crippen LogP) is 3.33. The highest BCUT2D eigenvalue weighted by Gasteiger charge is 2.30. The summed E-state index contributed by atoms with van der Waals surface area (Å²) in [6.07, 6.45) is 2.49. The number of carbonyl (C=O) groups is 1. The third kappa shape index (κ3) is 3.76. The average molecular weight is 334 g/mol. The van der Waals surface area contributed by atoms with Gasteiger partial charge in [-0.2, -0.15) is 0 Å². The molecule has 2 aromatic rings. The van der Waals surface area contributed by atoms with E-state index in [1.165, 1.54) is 24.1 Å². The van der Waals surface area contributed by atoms with Crippen molar-refractivity contribution in [2.45, 2.75) is 26.0 Å². The lowest BCUT2D eigenvalue weighted by Gasteiger charge is -2.33. The normalized spacial score (nSPS) is 13.4. The first-order valence-electron chi connectivity index (χ1n) is 7.67. The van der Waals surface area contributed by atoms with Crippen molar-refractivity contribution in [1.29, 1.82) is 0 Å². The van der Waals surface area contributed by atoms with Crippen molar-refractivity contribution in [3.8, 4) is 0 Å². The van der Waals surface area contributed by atoms with E-state index in [0.717, 1.165) is 6.07 Å². The molecule has 0 N–H and O–H groups in total. The molecule has 2 atom stereocenters. The number of likely N-dealkylation sites (N-methyl/N-ethyl adjacent to an activating group) is 1. The van der Waals surface area contributed by atoms with E-state index in [-0.39, 0.29) is 11.5 Å². The number of rotatable bonds is 6. The summed E-state index contributed by atoms with van der Waals surface area (Å²) in [5.74, 6) is -1.65. The molecule has 0 aliphatic carbocycles. The smallest absolute Gasteiger partial charge is 0.252 e. The molecule has 128 valence electrons. The van der Waals surface area contributed by atoms with Crippen LogP contribution in [-0.2, 0) is 9.53 Å². The summed E-state index contributed by atoms with van der Waals surface area (Å²) in [5.41, 5.74) is 0.851. The lowest BCUT2D eigenvalue weighted by atomic mass is 9.97. The number of benzene rings is 1. The molecule has 0 aliphatic rings. The maximum absolute atomic E-state index is 14.4. The molecule has 0 unspecified atom stereocenters. The molecule has 0 radical (unpaired) electrons. The van der Waals surface area contributed by atoms with Gasteiger partial charge in [-0.1, -0.05) is 12.1 Å². The summed E-state index contributed by atoms with van der Waals surface area (Å²) >= 11 is 0. The third-order valence-corrected chi connectivity index (χ3v) is 3.89. The van der Waals surface area contributed by atoms with Gasteiger partial charge >= 0.3 is 0 Å². The number of halogens is 2. The zero-order chi connectivity index (χ0) is 17.7. The minimum Gasteiger partial charge on any atom is -0.372 e. The molecular formula is C18H20F2N2O2. The van der Waals surface area contributed by atoms with Crippen LogP contribution in [0.3, 0.4) is 0 Å². The molecule has 0 saturated carbocycles. The zero-order valence-corrected chi connectivity index (χ0v) is 13.9. The molecule has 6 heteroatoms. The number of pyridine rings is 1. The number of ether oxygens (including phenoxy) is 1. The van der Waals surface area contributed by atoms with Crippen molar-refractivity contribution < 1.29 is 18.3 Å². The Morgan fingerprint density at radius 1 is 1.33 bits per heavy atom. The van der Waals surface area contributed by atoms with Gasteiger partial charge in [0.1, 0.15) is 17.7 Å². The van der Waals surface area contributed by atoms with Crippen molar-refractivity contribution >= 4 is 5.91 Å². The van der Waals surface area contributed by atoms with Crippen LogP contribution in [0.15, 0.2) is 42.7 Å². The van der Waals surface area contributed by atoms with Gasteiger partial charge in [0.25, 0.3) is 5.91 Å². The van der Waals surface area contributed by atoms with E-state index in [4.69, 9.17) is 4.74 Å². The molecule has 4 nitrogen and oxygen atoms in total. The molecule has 0 bridgehead atoms. The zero-order valence-electron chi connectivity index (χ0n) is 13.9. The van der Waals surface area contributed by atoms with Crippen LogP contribution in [0.4, 0.5) is 8.78 Å². The Bertz CT molecular complexity index is 695. The summed E-state index contributed by atoms with van der Waals surface area (Å²) in [7, 11) is 1.44. The first kappa shape index (κ1) is 18.0. The van der Waals surface area contributed by atoms with E-state index < -0.39 is 23.8 Å². The standard InChI is InChI=1S/C18H20F2N2O2/c1-4-22(18(23)12(2)24-3)17(13-6-5-9-21-11-13)15-8-7-14(19)10-16(15)20/h5-12,17H,4H2,1-3H3/t12-,17-/m0/s1. The Labute approximate surface area is 140 Å². The van der Waals surface area contributed by atoms with Gasteiger partial charge in [0.2, 0.25) is 0 Å². The Balaban J connectivity index is 2.56. The maximum Gasteiger partial charge on any atom is 0.252 e. The monoisotopic (exact) mass is 334 g/mol. The van der Waals surface area contributed by atoms with Crippen molar-refractivity contribution in [2.75, 3.05) is 13.7 Å². The maximum atomic E-state index is 14.4. The molecular weight excluding hydrogens is 314 g/mol. The Hall–Kier alpha value is -2.34. The molecule has 24 heavy (non-hydrogen) atoms. The number of amides is 1. The van der Waals surface area contributed by atoms with Gasteiger partial charge < -0.3 is 9.64 Å². The Kier molecular flexibility index (Phi) is 5.98. The molecule has 1 aromatic heterocycles. The molecule has 1 heterocycles. The average Bonchev–Trinajstić information content (AvgIpc) is 2.60. The number of aromatic nitrogens is 1. The minimum atomic E-state index is -0.714. The van der Waals surface area contributed by atoms with Gasteiger partial charge in [0.15, 0.2) is 0 Å². The van der Waals surface area contributed by atoms with Gasteiger partial charge in [-0.3, -0.25) is 9.78 Å². The van der Waals surface area contributed by atoms with E-state index in [0.29, 0.717) is 12.1 Å². The molecule has 0 aliphatic heterocycles. The molecule has 0 spiro atoms. The fraction of sp³-hybridized carbons (Fsp3) is 0.333. The van der Waals surface area contributed by atoms with Crippen molar-refractivity contribution in [1.82, 2.24) is 9.88 Å². The number of methoxy groups -OCH3 is 1. The van der Waals surface area contributed by atoms with Crippen LogP contribution < -0.4 is 0 Å². The van der Waals surface area contributed by atoms with Crippen LogP contribution in [0, 0.1) is 11.6 Å². The van der Waals surface area contributed by atoms with Crippen LogP contribution in [0.25, 0.3) is 0 Å². The highest BCUT2D eigenvalue weighted by molar-refractivity contribution is 5.81. The second-order valence-electron chi connectivity index (χ2n) is 5.36. The fourth-order valence-electron chi connectivity index (χ4n) is 2.59. The molecule has 0 saturated heterocycles. The van der Waals surface area contributed by atoms with Crippen molar-refractivity contribution in [3.63, 3.8) is 0 Å². The second kappa shape index (κ2) is 7.97. The predicted molar refractivity (Wildman–Crippen MR) is 86.3 cm³/mol. The molecule has 1 aromatic carbocycles. The van der Waals surface area contributed by atoms with Crippen LogP contribution in [0.1, 0.15) is 31.0 Å². The second-order valence-corrected chi connectivity index (χ2v) is 5.36. The third-order valence-electron chi connectivity index (χ3n) is 3.89. The van der Waals surface area contributed by atoms with Gasteiger partial charge in [0.05, 0.1) is 6.04 Å². The van der Waals surface area contributed by atoms with Gasteiger partial charge in [0, 0.05) is 37.7 Å². The highest BCUT2D eigenvalue weighted by atomic mass is 19.1. The minimum absolute atomic E-state index is 0.211. The number of hydrogen-bond acceptors (Lipinski definition) is 3. The number of hydrogen-bond donors (Lipinski definition) is 0. The van der Waals surface area contributed by atoms with Crippen LogP contribution >= 0.6 is 0 Å². The van der Waals surface area contributed by atoms with Gasteiger partial charge in [-0.25, -0.2) is 8.78 Å². The van der Waals surface area contributed by atoms with Crippen LogP contribution in [-0.4, -0.2) is 35.5 Å². The first-order chi connectivity index (χ1) is 11.5. The quantitative estimate of drug-likeness (QED) is 0.814. The Morgan fingerprint density at radius 3 is 2.62 bits per heavy atom. The lowest BCUT2D eigenvalue weighted by Crippen LogP contribution is -2.41. The van der Waals surface area contributed by atoms with Crippen LogP contribution in [0.2, 0.25) is 0 Å². The molecule has 2 rings (SSSR count). The fourth-order valence-corrected chi connectivity index (χ4v) is 2.59. The van der Waals surface area contributed by atoms with E-state index in [1.54, 1.807) is 38.4 Å². The SMILES string of the molecule is CCN(C(=O)[C@H](C)OC)[C@@H](c1cccnc1)c1ccc(F)cc1F. The lowest BCUT2D eigenvalue weighted by molar-refractivity contribution is -0.142. The van der Waals surface area contributed by atoms with Gasteiger partial charge in [-0.05, 0) is 31.5 Å². The largest absolute Gasteiger partial charge is 0.372 e. The number of nitrogens with zero attached hydrogens (tertiary/aromatic N) is 2.